The van der Waals surface area contributed by atoms with Crippen LogP contribution in [-0.2, 0) is 23.0 Å². The second kappa shape index (κ2) is 3.80. The Labute approximate surface area is 104 Å². The number of sulfonamides is 1. The lowest BCUT2D eigenvalue weighted by Gasteiger charge is -2.24. The normalized spacial score (nSPS) is 17.0. The molecule has 0 radical (unpaired) electrons. The minimum absolute atomic E-state index is 0.269. The first-order chi connectivity index (χ1) is 8.45. The Morgan fingerprint density at radius 3 is 2.89 bits per heavy atom. The molecule has 6 heteroatoms. The molecule has 18 heavy (non-hydrogen) atoms. The summed E-state index contributed by atoms with van der Waals surface area (Å²) >= 11 is 0. The maximum absolute atomic E-state index is 13.2. The third kappa shape index (κ3) is 1.81. The van der Waals surface area contributed by atoms with Crippen molar-refractivity contribution in [2.45, 2.75) is 13.0 Å². The number of halogens is 1. The van der Waals surface area contributed by atoms with E-state index in [2.05, 4.69) is 4.98 Å². The Hall–Kier alpha value is -1.40. The number of H-pyrrole nitrogens is 1. The first-order valence-corrected chi connectivity index (χ1v) is 7.54. The van der Waals surface area contributed by atoms with Crippen molar-refractivity contribution in [1.29, 1.82) is 0 Å². The quantitative estimate of drug-likeness (QED) is 0.854. The summed E-state index contributed by atoms with van der Waals surface area (Å²) < 4.78 is 37.7. The molecule has 0 atom stereocenters. The van der Waals surface area contributed by atoms with Gasteiger partial charge in [-0.2, -0.15) is 4.31 Å². The molecule has 2 aromatic rings. The van der Waals surface area contributed by atoms with E-state index in [9.17, 15) is 12.8 Å². The SMILES string of the molecule is CS(=O)(=O)N1CCc2c([nH]c3ccc(F)cc23)C1. The summed E-state index contributed by atoms with van der Waals surface area (Å²) in [5, 5.41) is 0.859. The van der Waals surface area contributed by atoms with Crippen LogP contribution in [0, 0.1) is 5.82 Å². The van der Waals surface area contributed by atoms with Gasteiger partial charge < -0.3 is 4.98 Å². The van der Waals surface area contributed by atoms with Crippen molar-refractivity contribution < 1.29 is 12.8 Å². The highest BCUT2D eigenvalue weighted by Crippen LogP contribution is 2.28. The number of aromatic nitrogens is 1. The van der Waals surface area contributed by atoms with Gasteiger partial charge in [0.25, 0.3) is 0 Å². The fraction of sp³-hybridized carbons (Fsp3) is 0.333. The minimum atomic E-state index is -3.17. The van der Waals surface area contributed by atoms with Gasteiger partial charge in [0.2, 0.25) is 10.0 Å². The average Bonchev–Trinajstić information content (AvgIpc) is 2.65. The second-order valence-corrected chi connectivity index (χ2v) is 6.60. The molecule has 96 valence electrons. The summed E-state index contributed by atoms with van der Waals surface area (Å²) in [5.74, 6) is -0.269. The molecule has 1 aromatic heterocycles. The molecule has 0 fully saturated rings. The monoisotopic (exact) mass is 268 g/mol. The summed E-state index contributed by atoms with van der Waals surface area (Å²) in [6, 6.07) is 4.59. The molecule has 0 saturated heterocycles. The van der Waals surface area contributed by atoms with Gasteiger partial charge in [-0.3, -0.25) is 0 Å². The number of nitrogens with one attached hydrogen (secondary N) is 1. The Morgan fingerprint density at radius 1 is 1.39 bits per heavy atom. The molecule has 0 aliphatic carbocycles. The van der Waals surface area contributed by atoms with E-state index < -0.39 is 10.0 Å². The lowest BCUT2D eigenvalue weighted by Crippen LogP contribution is -2.34. The number of nitrogens with zero attached hydrogens (tertiary/aromatic N) is 1. The van der Waals surface area contributed by atoms with Crippen molar-refractivity contribution in [3.8, 4) is 0 Å². The van der Waals surface area contributed by atoms with Crippen molar-refractivity contribution in [2.75, 3.05) is 12.8 Å². The predicted molar refractivity (Wildman–Crippen MR) is 67.2 cm³/mol. The fourth-order valence-corrected chi connectivity index (χ4v) is 3.26. The molecule has 1 aliphatic rings. The molecule has 0 amide bonds. The Balaban J connectivity index is 2.10. The van der Waals surface area contributed by atoms with E-state index in [-0.39, 0.29) is 5.82 Å². The molecule has 0 unspecified atom stereocenters. The first kappa shape index (κ1) is 11.7. The zero-order chi connectivity index (χ0) is 12.9. The van der Waals surface area contributed by atoms with Crippen molar-refractivity contribution in [1.82, 2.24) is 9.29 Å². The maximum Gasteiger partial charge on any atom is 0.211 e. The van der Waals surface area contributed by atoms with Crippen LogP contribution in [0.4, 0.5) is 4.39 Å². The maximum atomic E-state index is 13.2. The van der Waals surface area contributed by atoms with Crippen LogP contribution in [0.15, 0.2) is 18.2 Å². The molecule has 3 rings (SSSR count). The number of hydrogen-bond donors (Lipinski definition) is 1. The van der Waals surface area contributed by atoms with Crippen LogP contribution in [0.1, 0.15) is 11.3 Å². The van der Waals surface area contributed by atoms with Gasteiger partial charge in [-0.25, -0.2) is 12.8 Å². The highest BCUT2D eigenvalue weighted by atomic mass is 32.2. The largest absolute Gasteiger partial charge is 0.357 e. The van der Waals surface area contributed by atoms with Crippen LogP contribution in [0.2, 0.25) is 0 Å². The van der Waals surface area contributed by atoms with Gasteiger partial charge in [0, 0.05) is 23.1 Å². The zero-order valence-electron chi connectivity index (χ0n) is 9.90. The van der Waals surface area contributed by atoms with E-state index in [1.807, 2.05) is 0 Å². The molecule has 2 heterocycles. The topological polar surface area (TPSA) is 53.2 Å². The lowest BCUT2D eigenvalue weighted by molar-refractivity contribution is 0.392. The molecule has 0 saturated carbocycles. The van der Waals surface area contributed by atoms with Gasteiger partial charge in [-0.15, -0.1) is 0 Å². The van der Waals surface area contributed by atoms with Gasteiger partial charge in [0.05, 0.1) is 12.8 Å². The van der Waals surface area contributed by atoms with Gasteiger partial charge in [0.15, 0.2) is 0 Å². The minimum Gasteiger partial charge on any atom is -0.357 e. The summed E-state index contributed by atoms with van der Waals surface area (Å²) in [5.41, 5.74) is 2.76. The standard InChI is InChI=1S/C12H13FN2O2S/c1-18(16,17)15-5-4-9-10-6-8(13)2-3-11(10)14-12(9)7-15/h2-3,6,14H,4-5,7H2,1H3. The highest BCUT2D eigenvalue weighted by Gasteiger charge is 2.25. The molecule has 1 N–H and O–H groups in total. The first-order valence-electron chi connectivity index (χ1n) is 5.69. The van der Waals surface area contributed by atoms with Gasteiger partial charge in [-0.1, -0.05) is 0 Å². The number of benzene rings is 1. The Morgan fingerprint density at radius 2 is 2.17 bits per heavy atom. The summed E-state index contributed by atoms with van der Waals surface area (Å²) in [7, 11) is -3.17. The van der Waals surface area contributed by atoms with Gasteiger partial charge in [0.1, 0.15) is 5.82 Å². The molecule has 1 aromatic carbocycles. The van der Waals surface area contributed by atoms with Crippen LogP contribution in [-0.4, -0.2) is 30.5 Å². The van der Waals surface area contributed by atoms with Crippen molar-refractivity contribution in [2.24, 2.45) is 0 Å². The molecule has 0 bridgehead atoms. The van der Waals surface area contributed by atoms with E-state index in [0.717, 1.165) is 22.2 Å². The van der Waals surface area contributed by atoms with Crippen molar-refractivity contribution in [3.63, 3.8) is 0 Å². The zero-order valence-corrected chi connectivity index (χ0v) is 10.7. The molecule has 1 aliphatic heterocycles. The van der Waals surface area contributed by atoms with E-state index in [1.54, 1.807) is 6.07 Å². The van der Waals surface area contributed by atoms with Gasteiger partial charge in [-0.05, 0) is 30.2 Å². The van der Waals surface area contributed by atoms with Crippen LogP contribution >= 0.6 is 0 Å². The summed E-state index contributed by atoms with van der Waals surface area (Å²) in [6.07, 6.45) is 1.83. The van der Waals surface area contributed by atoms with Crippen LogP contribution in [0.25, 0.3) is 10.9 Å². The van der Waals surface area contributed by atoms with E-state index in [1.165, 1.54) is 22.7 Å². The predicted octanol–water partition coefficient (Wildman–Crippen LogP) is 1.62. The number of aromatic amines is 1. The lowest BCUT2D eigenvalue weighted by atomic mass is 10.0. The second-order valence-electron chi connectivity index (χ2n) is 4.62. The third-order valence-corrected chi connectivity index (χ3v) is 4.62. The van der Waals surface area contributed by atoms with E-state index in [4.69, 9.17) is 0 Å². The molecular weight excluding hydrogens is 255 g/mol. The molecule has 4 nitrogen and oxygen atoms in total. The Bertz CT molecular complexity index is 721. The highest BCUT2D eigenvalue weighted by molar-refractivity contribution is 7.88. The van der Waals surface area contributed by atoms with E-state index in [0.29, 0.717) is 19.5 Å². The number of fused-ring (bicyclic) bond motifs is 3. The fourth-order valence-electron chi connectivity index (χ4n) is 2.47. The van der Waals surface area contributed by atoms with Crippen LogP contribution < -0.4 is 0 Å². The third-order valence-electron chi connectivity index (χ3n) is 3.37. The van der Waals surface area contributed by atoms with Crippen LogP contribution in [0.3, 0.4) is 0 Å². The smallest absolute Gasteiger partial charge is 0.211 e. The average molecular weight is 268 g/mol. The van der Waals surface area contributed by atoms with Crippen molar-refractivity contribution in [3.05, 3.63) is 35.3 Å². The van der Waals surface area contributed by atoms with E-state index >= 15 is 0 Å². The van der Waals surface area contributed by atoms with Crippen molar-refractivity contribution >= 4 is 20.9 Å². The summed E-state index contributed by atoms with van der Waals surface area (Å²) in [4.78, 5) is 3.17. The number of rotatable bonds is 1. The number of hydrogen-bond acceptors (Lipinski definition) is 2. The molecule has 0 spiro atoms. The van der Waals surface area contributed by atoms with Crippen LogP contribution in [0.5, 0.6) is 0 Å². The van der Waals surface area contributed by atoms with Gasteiger partial charge >= 0.3 is 0 Å². The Kier molecular flexibility index (Phi) is 2.46. The summed E-state index contributed by atoms with van der Waals surface area (Å²) in [6.45, 7) is 0.791. The molecular formula is C12H13FN2O2S.